The minimum atomic E-state index is -0.536. The Morgan fingerprint density at radius 3 is 2.62 bits per heavy atom. The monoisotopic (exact) mass is 242 g/mol. The van der Waals surface area contributed by atoms with Gasteiger partial charge in [-0.15, -0.1) is 0 Å². The number of nitrogens with one attached hydrogen (secondary N) is 1. The molecule has 0 fully saturated rings. The van der Waals surface area contributed by atoms with Crippen molar-refractivity contribution in [3.05, 3.63) is 5.56 Å². The minimum Gasteiger partial charge on any atom is -0.382 e. The Hall–Kier alpha value is -1.30. The van der Waals surface area contributed by atoms with Crippen LogP contribution in [0.1, 0.15) is 31.1 Å². The van der Waals surface area contributed by atoms with Crippen LogP contribution in [-0.4, -0.2) is 16.8 Å². The maximum Gasteiger partial charge on any atom is 0.255 e. The minimum absolute atomic E-state index is 0.206. The highest BCUT2D eigenvalue weighted by atomic mass is 32.1. The molecular formula is C10H18N4OS. The Labute approximate surface area is 99.4 Å². The maximum absolute atomic E-state index is 11.2. The topological polar surface area (TPSA) is 94.0 Å². The Balaban J connectivity index is 2.71. The number of nitrogen functional groups attached to an aromatic ring is 1. The zero-order valence-corrected chi connectivity index (χ0v) is 10.6. The third-order valence-electron chi connectivity index (χ3n) is 2.69. The fourth-order valence-corrected chi connectivity index (χ4v) is 1.88. The molecule has 5 N–H and O–H groups in total. The number of aromatic nitrogens is 1. The summed E-state index contributed by atoms with van der Waals surface area (Å²) >= 11 is 1.17. The first-order chi connectivity index (χ1) is 7.43. The van der Waals surface area contributed by atoms with Gasteiger partial charge in [-0.05, 0) is 23.4 Å². The Bertz CT molecular complexity index is 375. The Morgan fingerprint density at radius 2 is 2.12 bits per heavy atom. The number of hydrogen-bond acceptors (Lipinski definition) is 5. The van der Waals surface area contributed by atoms with Crippen molar-refractivity contribution in [2.75, 3.05) is 17.6 Å². The highest BCUT2D eigenvalue weighted by molar-refractivity contribution is 7.11. The lowest BCUT2D eigenvalue weighted by molar-refractivity contribution is 0.100. The zero-order valence-electron chi connectivity index (χ0n) is 9.78. The fraction of sp³-hybridized carbons (Fsp3) is 0.600. The SMILES string of the molecule is CC(C)C(C)CNc1snc(N)c1C(N)=O. The number of nitrogens with zero attached hydrogens (tertiary/aromatic N) is 1. The van der Waals surface area contributed by atoms with Crippen molar-refractivity contribution in [1.29, 1.82) is 0 Å². The third kappa shape index (κ3) is 2.85. The van der Waals surface area contributed by atoms with Gasteiger partial charge in [0, 0.05) is 6.54 Å². The first-order valence-electron chi connectivity index (χ1n) is 5.22. The summed E-state index contributed by atoms with van der Waals surface area (Å²) in [6.45, 7) is 7.23. The van der Waals surface area contributed by atoms with E-state index in [0.717, 1.165) is 6.54 Å². The van der Waals surface area contributed by atoms with E-state index in [-0.39, 0.29) is 5.82 Å². The van der Waals surface area contributed by atoms with Gasteiger partial charge in [-0.25, -0.2) is 0 Å². The summed E-state index contributed by atoms with van der Waals surface area (Å²) in [5.41, 5.74) is 11.1. The van der Waals surface area contributed by atoms with Gasteiger partial charge in [0.15, 0.2) is 5.82 Å². The molecule has 1 aromatic heterocycles. The number of carbonyl (C=O) groups is 1. The average molecular weight is 242 g/mol. The molecule has 1 atom stereocenters. The van der Waals surface area contributed by atoms with Gasteiger partial charge >= 0.3 is 0 Å². The van der Waals surface area contributed by atoms with Crippen LogP contribution in [0.3, 0.4) is 0 Å². The van der Waals surface area contributed by atoms with Crippen LogP contribution < -0.4 is 16.8 Å². The Morgan fingerprint density at radius 1 is 1.50 bits per heavy atom. The molecule has 0 saturated heterocycles. The van der Waals surface area contributed by atoms with E-state index in [0.29, 0.717) is 22.4 Å². The number of carbonyl (C=O) groups excluding carboxylic acids is 1. The molecule has 0 aliphatic heterocycles. The van der Waals surface area contributed by atoms with E-state index in [1.54, 1.807) is 0 Å². The number of amides is 1. The van der Waals surface area contributed by atoms with Crippen molar-refractivity contribution in [2.45, 2.75) is 20.8 Å². The molecule has 90 valence electrons. The molecule has 1 amide bonds. The highest BCUT2D eigenvalue weighted by Crippen LogP contribution is 2.26. The number of primary amides is 1. The first kappa shape index (κ1) is 12.8. The van der Waals surface area contributed by atoms with E-state index in [4.69, 9.17) is 11.5 Å². The van der Waals surface area contributed by atoms with E-state index in [1.807, 2.05) is 0 Å². The summed E-state index contributed by atoms with van der Waals surface area (Å²) in [7, 11) is 0. The molecule has 0 spiro atoms. The lowest BCUT2D eigenvalue weighted by atomic mass is 9.98. The molecular weight excluding hydrogens is 224 g/mol. The predicted octanol–water partition coefficient (Wildman–Crippen LogP) is 1.53. The van der Waals surface area contributed by atoms with E-state index >= 15 is 0 Å². The summed E-state index contributed by atoms with van der Waals surface area (Å²) in [6, 6.07) is 0. The van der Waals surface area contributed by atoms with Crippen LogP contribution >= 0.6 is 11.5 Å². The molecule has 1 unspecified atom stereocenters. The fourth-order valence-electron chi connectivity index (χ4n) is 1.15. The quantitative estimate of drug-likeness (QED) is 0.729. The molecule has 5 nitrogen and oxygen atoms in total. The van der Waals surface area contributed by atoms with E-state index in [9.17, 15) is 4.79 Å². The maximum atomic E-state index is 11.2. The molecule has 0 aliphatic rings. The number of rotatable bonds is 5. The predicted molar refractivity (Wildman–Crippen MR) is 67.5 cm³/mol. The van der Waals surface area contributed by atoms with Gasteiger partial charge < -0.3 is 16.8 Å². The summed E-state index contributed by atoms with van der Waals surface area (Å²) in [5.74, 6) is 0.752. The van der Waals surface area contributed by atoms with Gasteiger partial charge in [-0.2, -0.15) is 4.37 Å². The largest absolute Gasteiger partial charge is 0.382 e. The van der Waals surface area contributed by atoms with Gasteiger partial charge in [-0.3, -0.25) is 4.79 Å². The van der Waals surface area contributed by atoms with Gasteiger partial charge in [0.05, 0.1) is 0 Å². The number of nitrogens with two attached hydrogens (primary N) is 2. The van der Waals surface area contributed by atoms with Gasteiger partial charge in [0.25, 0.3) is 5.91 Å². The number of hydrogen-bond donors (Lipinski definition) is 3. The smallest absolute Gasteiger partial charge is 0.255 e. The molecule has 0 aromatic carbocycles. The molecule has 0 bridgehead atoms. The van der Waals surface area contributed by atoms with E-state index < -0.39 is 5.91 Å². The molecule has 1 aromatic rings. The summed E-state index contributed by atoms with van der Waals surface area (Å²) in [5, 5.41) is 3.84. The average Bonchev–Trinajstić information content (AvgIpc) is 2.55. The molecule has 6 heteroatoms. The Kier molecular flexibility index (Phi) is 4.12. The summed E-state index contributed by atoms with van der Waals surface area (Å²) in [4.78, 5) is 11.2. The lowest BCUT2D eigenvalue weighted by Gasteiger charge is -2.16. The van der Waals surface area contributed by atoms with Crippen molar-refractivity contribution >= 4 is 28.3 Å². The normalized spacial score (nSPS) is 12.8. The van der Waals surface area contributed by atoms with Gasteiger partial charge in [0.2, 0.25) is 0 Å². The second kappa shape index (κ2) is 5.16. The molecule has 0 radical (unpaired) electrons. The standard InChI is InChI=1S/C10H18N4OS/c1-5(2)6(3)4-13-10-7(9(12)15)8(11)14-16-10/h5-6,13H,4H2,1-3H3,(H2,11,14)(H2,12,15). The van der Waals surface area contributed by atoms with Crippen LogP contribution in [0, 0.1) is 11.8 Å². The molecule has 0 saturated carbocycles. The van der Waals surface area contributed by atoms with Crippen LogP contribution in [0.4, 0.5) is 10.8 Å². The van der Waals surface area contributed by atoms with Gasteiger partial charge in [-0.1, -0.05) is 20.8 Å². The molecule has 1 rings (SSSR count). The van der Waals surface area contributed by atoms with Crippen LogP contribution in [0.25, 0.3) is 0 Å². The van der Waals surface area contributed by atoms with Crippen molar-refractivity contribution < 1.29 is 4.79 Å². The van der Waals surface area contributed by atoms with Crippen molar-refractivity contribution in [3.8, 4) is 0 Å². The van der Waals surface area contributed by atoms with E-state index in [2.05, 4.69) is 30.5 Å². The second-order valence-corrected chi connectivity index (χ2v) is 5.01. The first-order valence-corrected chi connectivity index (χ1v) is 5.99. The molecule has 0 aliphatic carbocycles. The van der Waals surface area contributed by atoms with Crippen LogP contribution in [0.5, 0.6) is 0 Å². The van der Waals surface area contributed by atoms with Crippen LogP contribution in [0.2, 0.25) is 0 Å². The number of anilines is 2. The lowest BCUT2D eigenvalue weighted by Crippen LogP contribution is -2.19. The van der Waals surface area contributed by atoms with Crippen LogP contribution in [0.15, 0.2) is 0 Å². The van der Waals surface area contributed by atoms with Crippen molar-refractivity contribution in [3.63, 3.8) is 0 Å². The molecule has 16 heavy (non-hydrogen) atoms. The van der Waals surface area contributed by atoms with Crippen LogP contribution in [-0.2, 0) is 0 Å². The van der Waals surface area contributed by atoms with Gasteiger partial charge in [0.1, 0.15) is 10.6 Å². The third-order valence-corrected chi connectivity index (χ3v) is 3.51. The highest BCUT2D eigenvalue weighted by Gasteiger charge is 2.17. The zero-order chi connectivity index (χ0) is 12.3. The second-order valence-electron chi connectivity index (χ2n) is 4.24. The summed E-state index contributed by atoms with van der Waals surface area (Å²) < 4.78 is 3.92. The van der Waals surface area contributed by atoms with Crippen molar-refractivity contribution in [1.82, 2.24) is 4.37 Å². The van der Waals surface area contributed by atoms with E-state index in [1.165, 1.54) is 11.5 Å². The van der Waals surface area contributed by atoms with Crippen molar-refractivity contribution in [2.24, 2.45) is 17.6 Å². The summed E-state index contributed by atoms with van der Waals surface area (Å²) in [6.07, 6.45) is 0. The molecule has 1 heterocycles.